The Morgan fingerprint density at radius 3 is 2.18 bits per heavy atom. The highest BCUT2D eigenvalue weighted by Gasteiger charge is 2.17. The average molecular weight is 423 g/mol. The molecule has 2 rings (SSSR count). The van der Waals surface area contributed by atoms with E-state index < -0.39 is 0 Å². The lowest BCUT2D eigenvalue weighted by atomic mass is 10.1. The van der Waals surface area contributed by atoms with E-state index in [9.17, 15) is 0 Å². The van der Waals surface area contributed by atoms with Crippen molar-refractivity contribution in [2.45, 2.75) is 59.1 Å². The Hall–Kier alpha value is -1.84. The Morgan fingerprint density at radius 1 is 0.964 bits per heavy atom. The molecule has 152 valence electrons. The van der Waals surface area contributed by atoms with Crippen LogP contribution in [0, 0.1) is 6.92 Å². The molecule has 0 heterocycles. The second kappa shape index (κ2) is 10.1. The summed E-state index contributed by atoms with van der Waals surface area (Å²) in [6.45, 7) is 13.7. The van der Waals surface area contributed by atoms with Gasteiger partial charge in [-0.2, -0.15) is 0 Å². The van der Waals surface area contributed by atoms with E-state index in [1.54, 1.807) is 6.07 Å². The molecule has 0 saturated carbocycles. The molecule has 0 radical (unpaired) electrons. The van der Waals surface area contributed by atoms with Gasteiger partial charge in [-0.25, -0.2) is 0 Å². The second-order valence-corrected chi connectivity index (χ2v) is 7.87. The lowest BCUT2D eigenvalue weighted by Gasteiger charge is -2.20. The highest BCUT2D eigenvalue weighted by atomic mass is 35.5. The molecule has 0 amide bonds. The highest BCUT2D eigenvalue weighted by Crippen LogP contribution is 2.41. The molecule has 0 unspecified atom stereocenters. The van der Waals surface area contributed by atoms with Crippen LogP contribution in [0.1, 0.15) is 44.4 Å². The largest absolute Gasteiger partial charge is 0.491 e. The van der Waals surface area contributed by atoms with Crippen LogP contribution in [0.3, 0.4) is 0 Å². The maximum atomic E-state index is 6.51. The maximum absolute atomic E-state index is 6.51. The van der Waals surface area contributed by atoms with Crippen molar-refractivity contribution in [3.63, 3.8) is 0 Å². The van der Waals surface area contributed by atoms with Crippen molar-refractivity contribution in [2.24, 2.45) is 0 Å². The van der Waals surface area contributed by atoms with Gasteiger partial charge in [0.05, 0.1) is 17.2 Å². The third-order valence-electron chi connectivity index (χ3n) is 3.87. The molecule has 0 spiro atoms. The number of alkyl halides is 1. The van der Waals surface area contributed by atoms with Crippen LogP contribution in [0.5, 0.6) is 23.0 Å². The number of ether oxygens (including phenoxy) is 3. The molecule has 2 aromatic rings. The fourth-order valence-corrected chi connectivity index (χ4v) is 3.15. The second-order valence-electron chi connectivity index (χ2n) is 7.19. The number of hydrogen-bond donors (Lipinski definition) is 0. The van der Waals surface area contributed by atoms with Crippen molar-refractivity contribution < 1.29 is 14.2 Å². The number of allylic oxidation sites excluding steroid dienone is 1. The summed E-state index contributed by atoms with van der Waals surface area (Å²) >= 11 is 12.5. The summed E-state index contributed by atoms with van der Waals surface area (Å²) in [4.78, 5) is 0. The van der Waals surface area contributed by atoms with Gasteiger partial charge in [0.2, 0.25) is 0 Å². The van der Waals surface area contributed by atoms with Crippen LogP contribution in [-0.2, 0) is 12.3 Å². The third kappa shape index (κ3) is 5.83. The first-order chi connectivity index (χ1) is 13.2. The number of aryl methyl sites for hydroxylation is 1. The lowest BCUT2D eigenvalue weighted by molar-refractivity contribution is 0.232. The maximum Gasteiger partial charge on any atom is 0.172 e. The van der Waals surface area contributed by atoms with Gasteiger partial charge in [-0.3, -0.25) is 0 Å². The normalized spacial score (nSPS) is 11.0. The third-order valence-corrected chi connectivity index (χ3v) is 4.48. The average Bonchev–Trinajstić information content (AvgIpc) is 2.60. The molecule has 0 bridgehead atoms. The zero-order chi connectivity index (χ0) is 20.8. The molecule has 0 aliphatic carbocycles. The molecule has 0 atom stereocenters. The molecule has 0 fully saturated rings. The van der Waals surface area contributed by atoms with Gasteiger partial charge in [-0.1, -0.05) is 23.7 Å². The summed E-state index contributed by atoms with van der Waals surface area (Å²) in [6, 6.07) is 7.59. The van der Waals surface area contributed by atoms with Gasteiger partial charge in [0.15, 0.2) is 11.5 Å². The van der Waals surface area contributed by atoms with E-state index in [-0.39, 0.29) is 12.2 Å². The zero-order valence-corrected chi connectivity index (χ0v) is 18.7. The Bertz CT molecular complexity index is 829. The van der Waals surface area contributed by atoms with Gasteiger partial charge in [0, 0.05) is 17.5 Å². The van der Waals surface area contributed by atoms with Crippen LogP contribution in [-0.4, -0.2) is 12.2 Å². The molecule has 0 N–H and O–H groups in total. The number of benzene rings is 2. The number of halogens is 2. The Kier molecular flexibility index (Phi) is 8.09. The molecule has 28 heavy (non-hydrogen) atoms. The molecule has 0 saturated heterocycles. The van der Waals surface area contributed by atoms with Gasteiger partial charge in [0.25, 0.3) is 0 Å². The van der Waals surface area contributed by atoms with E-state index in [0.29, 0.717) is 34.6 Å². The van der Waals surface area contributed by atoms with E-state index in [1.165, 1.54) is 0 Å². The van der Waals surface area contributed by atoms with Crippen molar-refractivity contribution >= 4 is 23.2 Å². The minimum atomic E-state index is 0.000872. The zero-order valence-electron chi connectivity index (χ0n) is 17.1. The summed E-state index contributed by atoms with van der Waals surface area (Å²) in [7, 11) is 0. The van der Waals surface area contributed by atoms with Crippen molar-refractivity contribution in [1.29, 1.82) is 0 Å². The molecule has 2 aromatic carbocycles. The van der Waals surface area contributed by atoms with Crippen molar-refractivity contribution in [1.82, 2.24) is 0 Å². The molecule has 5 heteroatoms. The van der Waals surface area contributed by atoms with Gasteiger partial charge >= 0.3 is 0 Å². The Labute approximate surface area is 178 Å². The van der Waals surface area contributed by atoms with Crippen molar-refractivity contribution in [2.75, 3.05) is 0 Å². The fourth-order valence-electron chi connectivity index (χ4n) is 2.81. The molecule has 0 aromatic heterocycles. The van der Waals surface area contributed by atoms with E-state index in [1.807, 2.05) is 58.9 Å². The first-order valence-corrected chi connectivity index (χ1v) is 10.3. The first-order valence-electron chi connectivity index (χ1n) is 9.39. The van der Waals surface area contributed by atoms with E-state index in [2.05, 4.69) is 6.58 Å². The predicted molar refractivity (Wildman–Crippen MR) is 118 cm³/mol. The standard InChI is InChI=1S/C23H28Cl2O3/c1-7-8-18-11-21(19(25)12-20(18)26-14(2)3)28-23-16(6)9-17(13-24)10-22(23)27-15(4)5/h7,9-12,14-15H,1,8,13H2,2-6H3. The van der Waals surface area contributed by atoms with E-state index in [4.69, 9.17) is 37.4 Å². The minimum absolute atomic E-state index is 0.000872. The summed E-state index contributed by atoms with van der Waals surface area (Å²) in [5.74, 6) is 2.97. The van der Waals surface area contributed by atoms with E-state index >= 15 is 0 Å². The van der Waals surface area contributed by atoms with E-state index in [0.717, 1.165) is 22.4 Å². The summed E-state index contributed by atoms with van der Waals surface area (Å²) in [5.41, 5.74) is 2.86. The quantitative estimate of drug-likeness (QED) is 0.309. The Balaban J connectivity index is 2.49. The SMILES string of the molecule is C=CCc1cc(Oc2c(C)cc(CCl)cc2OC(C)C)c(Cl)cc1OC(C)C. The van der Waals surface area contributed by atoms with Crippen LogP contribution in [0.15, 0.2) is 36.9 Å². The number of rotatable bonds is 9. The lowest BCUT2D eigenvalue weighted by Crippen LogP contribution is -2.08. The molecule has 0 aliphatic rings. The molecule has 3 nitrogen and oxygen atoms in total. The topological polar surface area (TPSA) is 27.7 Å². The highest BCUT2D eigenvalue weighted by molar-refractivity contribution is 6.32. The first kappa shape index (κ1) is 22.4. The predicted octanol–water partition coefficient (Wildman–Crippen LogP) is 7.48. The monoisotopic (exact) mass is 422 g/mol. The van der Waals surface area contributed by atoms with Crippen LogP contribution in [0.4, 0.5) is 0 Å². The smallest absolute Gasteiger partial charge is 0.172 e. The van der Waals surface area contributed by atoms with Gasteiger partial charge < -0.3 is 14.2 Å². The van der Waals surface area contributed by atoms with Gasteiger partial charge in [-0.15, -0.1) is 18.2 Å². The van der Waals surface area contributed by atoms with Crippen LogP contribution in [0.2, 0.25) is 5.02 Å². The van der Waals surface area contributed by atoms with Gasteiger partial charge in [-0.05, 0) is 64.3 Å². The van der Waals surface area contributed by atoms with Crippen LogP contribution < -0.4 is 14.2 Å². The van der Waals surface area contributed by atoms with Crippen LogP contribution in [0.25, 0.3) is 0 Å². The summed E-state index contributed by atoms with van der Waals surface area (Å²) < 4.78 is 18.1. The molecular formula is C23H28Cl2O3. The van der Waals surface area contributed by atoms with Gasteiger partial charge in [0.1, 0.15) is 11.5 Å². The minimum Gasteiger partial charge on any atom is -0.491 e. The van der Waals surface area contributed by atoms with Crippen molar-refractivity contribution in [3.8, 4) is 23.0 Å². The molecule has 0 aliphatic heterocycles. The summed E-state index contributed by atoms with van der Waals surface area (Å²) in [6.07, 6.45) is 2.52. The Morgan fingerprint density at radius 2 is 1.61 bits per heavy atom. The fraction of sp³-hybridized carbons (Fsp3) is 0.391. The summed E-state index contributed by atoms with van der Waals surface area (Å²) in [5, 5.41) is 0.472. The molecular weight excluding hydrogens is 395 g/mol. The van der Waals surface area contributed by atoms with Crippen molar-refractivity contribution in [3.05, 3.63) is 58.6 Å². The van der Waals surface area contributed by atoms with Crippen LogP contribution >= 0.6 is 23.2 Å². The number of hydrogen-bond acceptors (Lipinski definition) is 3.